The van der Waals surface area contributed by atoms with Crippen LogP contribution in [0, 0.1) is 0 Å². The molecule has 0 spiro atoms. The predicted molar refractivity (Wildman–Crippen MR) is 155 cm³/mol. The van der Waals surface area contributed by atoms with Crippen LogP contribution in [0.3, 0.4) is 0 Å². The van der Waals surface area contributed by atoms with Crippen molar-refractivity contribution in [2.45, 2.75) is 89.4 Å². The number of benzene rings is 1. The third-order valence-electron chi connectivity index (χ3n) is 8.98. The third-order valence-corrected chi connectivity index (χ3v) is 10.3. The summed E-state index contributed by atoms with van der Waals surface area (Å²) >= 11 is 0. The molecular weight excluding hydrogens is 512 g/mol. The number of amides is 1. The van der Waals surface area contributed by atoms with Crippen molar-refractivity contribution >= 4 is 26.8 Å². The van der Waals surface area contributed by atoms with Crippen molar-refractivity contribution < 1.29 is 13.2 Å². The number of hydrogen-bond acceptors (Lipinski definition) is 6. The fourth-order valence-electron chi connectivity index (χ4n) is 6.93. The summed E-state index contributed by atoms with van der Waals surface area (Å²) in [6, 6.07) is 9.59. The maximum Gasteiger partial charge on any atom is 0.272 e. The van der Waals surface area contributed by atoms with Crippen LogP contribution in [0.25, 0.3) is 10.9 Å². The minimum Gasteiger partial charge on any atom is -0.348 e. The van der Waals surface area contributed by atoms with Crippen molar-refractivity contribution in [1.82, 2.24) is 29.2 Å². The van der Waals surface area contributed by atoms with E-state index < -0.39 is 10.0 Å². The van der Waals surface area contributed by atoms with E-state index in [4.69, 9.17) is 5.10 Å². The molecule has 9 nitrogen and oxygen atoms in total. The predicted octanol–water partition coefficient (Wildman–Crippen LogP) is 3.48. The second-order valence-electron chi connectivity index (χ2n) is 12.1. The van der Waals surface area contributed by atoms with Crippen molar-refractivity contribution in [3.05, 3.63) is 30.0 Å². The van der Waals surface area contributed by atoms with Crippen molar-refractivity contribution in [2.75, 3.05) is 45.5 Å². The van der Waals surface area contributed by atoms with Gasteiger partial charge < -0.3 is 10.2 Å². The molecule has 1 unspecified atom stereocenters. The number of carbonyl (C=O) groups excluding carboxylic acids is 1. The zero-order valence-electron chi connectivity index (χ0n) is 23.9. The fourth-order valence-corrected chi connectivity index (χ4v) is 7.76. The smallest absolute Gasteiger partial charge is 0.272 e. The van der Waals surface area contributed by atoms with Crippen molar-refractivity contribution in [2.24, 2.45) is 0 Å². The van der Waals surface area contributed by atoms with Crippen LogP contribution in [0.15, 0.2) is 24.3 Å². The van der Waals surface area contributed by atoms with Gasteiger partial charge in [-0.05, 0) is 71.5 Å². The molecule has 3 aliphatic heterocycles. The topological polar surface area (TPSA) is 90.8 Å². The molecule has 4 heterocycles. The van der Waals surface area contributed by atoms with Gasteiger partial charge >= 0.3 is 0 Å². The third kappa shape index (κ3) is 6.66. The molecule has 1 amide bonds. The van der Waals surface area contributed by atoms with Gasteiger partial charge in [0.25, 0.3) is 5.91 Å². The summed E-state index contributed by atoms with van der Waals surface area (Å²) in [5.41, 5.74) is 1.56. The zero-order valence-corrected chi connectivity index (χ0v) is 24.7. The normalized spacial score (nSPS) is 25.1. The van der Waals surface area contributed by atoms with Gasteiger partial charge in [-0.1, -0.05) is 31.0 Å². The molecule has 0 radical (unpaired) electrons. The number of para-hydroxylation sites is 1. The molecule has 3 atom stereocenters. The summed E-state index contributed by atoms with van der Waals surface area (Å²) in [4.78, 5) is 18.4. The van der Waals surface area contributed by atoms with E-state index >= 15 is 0 Å². The molecule has 1 N–H and O–H groups in total. The van der Waals surface area contributed by atoms with E-state index in [-0.39, 0.29) is 18.0 Å². The average Bonchev–Trinajstić information content (AvgIpc) is 3.40. The van der Waals surface area contributed by atoms with Gasteiger partial charge in [-0.3, -0.25) is 14.4 Å². The number of piperidine rings is 1. The first-order valence-electron chi connectivity index (χ1n) is 14.9. The van der Waals surface area contributed by atoms with E-state index in [9.17, 15) is 13.2 Å². The minimum absolute atomic E-state index is 0.0406. The SMILES string of the molecule is CC(C)n1nc(C(=O)NC2C[C@H]3CC[C@@H](C2)N3CCCCCCN2CCN(S(C)(=O)=O)CC2)c2ccccc21. The Morgan fingerprint density at radius 3 is 2.26 bits per heavy atom. The number of carbonyl (C=O) groups is 1. The second kappa shape index (κ2) is 12.2. The number of sulfonamides is 1. The lowest BCUT2D eigenvalue weighted by atomic mass is 9.96. The van der Waals surface area contributed by atoms with Gasteiger partial charge in [-0.25, -0.2) is 8.42 Å². The van der Waals surface area contributed by atoms with E-state index in [0.29, 0.717) is 30.9 Å². The van der Waals surface area contributed by atoms with Gasteiger partial charge in [-0.15, -0.1) is 0 Å². The molecule has 39 heavy (non-hydrogen) atoms. The fraction of sp³-hybridized carbons (Fsp3) is 0.724. The van der Waals surface area contributed by atoms with Gasteiger partial charge in [0.2, 0.25) is 10.0 Å². The van der Waals surface area contributed by atoms with Crippen LogP contribution < -0.4 is 5.32 Å². The number of nitrogens with zero attached hydrogens (tertiary/aromatic N) is 5. The van der Waals surface area contributed by atoms with E-state index in [1.54, 1.807) is 4.31 Å². The Hall–Kier alpha value is -2.01. The van der Waals surface area contributed by atoms with Crippen LogP contribution in [-0.2, 0) is 10.0 Å². The molecule has 10 heteroatoms. The Morgan fingerprint density at radius 1 is 0.974 bits per heavy atom. The molecule has 216 valence electrons. The summed E-state index contributed by atoms with van der Waals surface area (Å²) in [5.74, 6) is -0.0406. The summed E-state index contributed by atoms with van der Waals surface area (Å²) in [6.07, 6.45) is 10.7. The first kappa shape index (κ1) is 28.5. The molecule has 3 aliphatic rings. The average molecular weight is 559 g/mol. The number of aromatic nitrogens is 2. The molecule has 3 saturated heterocycles. The maximum absolute atomic E-state index is 13.3. The number of nitrogens with one attached hydrogen (secondary N) is 1. The molecular formula is C29H46N6O3S. The Kier molecular flexibility index (Phi) is 8.95. The van der Waals surface area contributed by atoms with Crippen LogP contribution in [-0.4, -0.2) is 102 Å². The van der Waals surface area contributed by atoms with Gasteiger partial charge in [0.05, 0.1) is 11.8 Å². The highest BCUT2D eigenvalue weighted by atomic mass is 32.2. The first-order chi connectivity index (χ1) is 18.7. The Labute approximate surface area is 233 Å². The standard InChI is InChI=1S/C29H46N6O3S/c1-22(2)35-27-11-7-6-10-26(27)28(31-35)29(36)30-23-20-24-12-13-25(21-23)34(24)15-9-5-4-8-14-32-16-18-33(19-17-32)39(3,37)38/h6-7,10-11,22-25H,4-5,8-9,12-21H2,1-3H3,(H,30,36)/t23?,24-,25+. The van der Waals surface area contributed by atoms with Gasteiger partial charge in [0, 0.05) is 55.7 Å². The van der Waals surface area contributed by atoms with Gasteiger partial charge in [0.1, 0.15) is 0 Å². The first-order valence-corrected chi connectivity index (χ1v) is 16.8. The number of fused-ring (bicyclic) bond motifs is 3. The molecule has 1 aromatic carbocycles. The maximum atomic E-state index is 13.3. The summed E-state index contributed by atoms with van der Waals surface area (Å²) in [6.45, 7) is 9.35. The largest absolute Gasteiger partial charge is 0.348 e. The van der Waals surface area contributed by atoms with E-state index in [1.165, 1.54) is 44.8 Å². The van der Waals surface area contributed by atoms with Crippen LogP contribution in [0.4, 0.5) is 0 Å². The van der Waals surface area contributed by atoms with Crippen LogP contribution in [0.5, 0.6) is 0 Å². The lowest BCUT2D eigenvalue weighted by molar-refractivity contribution is 0.0837. The van der Waals surface area contributed by atoms with Crippen LogP contribution >= 0.6 is 0 Å². The van der Waals surface area contributed by atoms with Gasteiger partial charge in [-0.2, -0.15) is 9.40 Å². The van der Waals surface area contributed by atoms with E-state index in [2.05, 4.69) is 29.0 Å². The lowest BCUT2D eigenvalue weighted by Crippen LogP contribution is -2.50. The molecule has 2 bridgehead atoms. The van der Waals surface area contributed by atoms with Gasteiger partial charge in [0.15, 0.2) is 5.69 Å². The Bertz CT molecular complexity index is 1220. The number of hydrogen-bond donors (Lipinski definition) is 1. The summed E-state index contributed by atoms with van der Waals surface area (Å²) in [7, 11) is -3.05. The Balaban J connectivity index is 1.03. The molecule has 2 aromatic rings. The van der Waals surface area contributed by atoms with E-state index in [1.807, 2.05) is 28.9 Å². The molecule has 3 fully saturated rings. The van der Waals surface area contributed by atoms with Crippen molar-refractivity contribution in [3.63, 3.8) is 0 Å². The van der Waals surface area contributed by atoms with Crippen LogP contribution in [0.2, 0.25) is 0 Å². The zero-order chi connectivity index (χ0) is 27.6. The Morgan fingerprint density at radius 2 is 1.62 bits per heavy atom. The number of unbranched alkanes of at least 4 members (excludes halogenated alkanes) is 3. The number of rotatable bonds is 11. The highest BCUT2D eigenvalue weighted by Gasteiger charge is 2.41. The molecule has 5 rings (SSSR count). The quantitative estimate of drug-likeness (QED) is 0.425. The van der Waals surface area contributed by atoms with Crippen molar-refractivity contribution in [3.8, 4) is 0 Å². The highest BCUT2D eigenvalue weighted by molar-refractivity contribution is 7.88. The molecule has 0 aliphatic carbocycles. The molecule has 0 saturated carbocycles. The van der Waals surface area contributed by atoms with Crippen LogP contribution in [0.1, 0.15) is 81.7 Å². The van der Waals surface area contributed by atoms with E-state index in [0.717, 1.165) is 49.9 Å². The minimum atomic E-state index is -3.05. The lowest BCUT2D eigenvalue weighted by Gasteiger charge is -2.39. The summed E-state index contributed by atoms with van der Waals surface area (Å²) < 4.78 is 26.9. The second-order valence-corrected chi connectivity index (χ2v) is 14.1. The monoisotopic (exact) mass is 558 g/mol. The molecule has 1 aromatic heterocycles. The number of piperazine rings is 1. The highest BCUT2D eigenvalue weighted by Crippen LogP contribution is 2.36. The summed E-state index contributed by atoms with van der Waals surface area (Å²) in [5, 5.41) is 8.97. The van der Waals surface area contributed by atoms with Crippen molar-refractivity contribution in [1.29, 1.82) is 0 Å².